The first kappa shape index (κ1) is 12.9. The number of rotatable bonds is 2. The van der Waals surface area contributed by atoms with Gasteiger partial charge < -0.3 is 10.1 Å². The topological polar surface area (TPSA) is 62.1 Å². The number of ether oxygens (including phenoxy) is 1. The molecule has 5 heteroatoms. The first-order valence-corrected chi connectivity index (χ1v) is 6.17. The number of nitrogens with zero attached hydrogens (tertiary/aromatic N) is 1. The van der Waals surface area contributed by atoms with Crippen LogP contribution in [-0.2, 0) is 9.53 Å². The van der Waals surface area contributed by atoms with Crippen molar-refractivity contribution in [2.75, 3.05) is 18.5 Å². The van der Waals surface area contributed by atoms with Gasteiger partial charge in [0.15, 0.2) is 0 Å². The molecule has 1 aromatic carbocycles. The molecule has 0 aromatic heterocycles. The zero-order valence-corrected chi connectivity index (χ0v) is 10.5. The van der Waals surface area contributed by atoms with Crippen LogP contribution < -0.4 is 5.32 Å². The Morgan fingerprint density at radius 2 is 2.39 bits per heavy atom. The molecule has 1 heterocycles. The van der Waals surface area contributed by atoms with Crippen LogP contribution in [0.4, 0.5) is 5.69 Å². The lowest BCUT2D eigenvalue weighted by molar-refractivity contribution is -0.123. The van der Waals surface area contributed by atoms with Gasteiger partial charge in [-0.2, -0.15) is 5.26 Å². The number of halogens is 1. The maximum absolute atomic E-state index is 12.0. The minimum absolute atomic E-state index is 0.0821. The Morgan fingerprint density at radius 3 is 3.00 bits per heavy atom. The van der Waals surface area contributed by atoms with Gasteiger partial charge in [0.2, 0.25) is 5.91 Å². The van der Waals surface area contributed by atoms with E-state index in [1.807, 2.05) is 6.07 Å². The summed E-state index contributed by atoms with van der Waals surface area (Å²) < 4.78 is 5.27. The van der Waals surface area contributed by atoms with Gasteiger partial charge in [0, 0.05) is 6.61 Å². The minimum atomic E-state index is -0.120. The summed E-state index contributed by atoms with van der Waals surface area (Å²) in [5.74, 6) is -0.202. The van der Waals surface area contributed by atoms with Gasteiger partial charge in [-0.1, -0.05) is 11.6 Å². The predicted molar refractivity (Wildman–Crippen MR) is 68.3 cm³/mol. The van der Waals surface area contributed by atoms with E-state index >= 15 is 0 Å². The molecule has 1 amide bonds. The SMILES string of the molecule is N#Cc1ccc(NC(=O)C2CCCOC2)c(Cl)c1. The van der Waals surface area contributed by atoms with E-state index in [9.17, 15) is 4.79 Å². The van der Waals surface area contributed by atoms with Gasteiger partial charge in [-0.05, 0) is 31.0 Å². The summed E-state index contributed by atoms with van der Waals surface area (Å²) in [6.45, 7) is 1.18. The fraction of sp³-hybridized carbons (Fsp3) is 0.385. The molecule has 0 bridgehead atoms. The molecule has 1 aromatic rings. The normalized spacial score (nSPS) is 19.0. The quantitative estimate of drug-likeness (QED) is 0.893. The smallest absolute Gasteiger partial charge is 0.229 e. The first-order valence-electron chi connectivity index (χ1n) is 5.79. The highest BCUT2D eigenvalue weighted by atomic mass is 35.5. The average molecular weight is 265 g/mol. The summed E-state index contributed by atoms with van der Waals surface area (Å²) in [7, 11) is 0. The van der Waals surface area contributed by atoms with Crippen molar-refractivity contribution in [1.82, 2.24) is 0 Å². The van der Waals surface area contributed by atoms with Crippen molar-refractivity contribution >= 4 is 23.2 Å². The second-order valence-corrected chi connectivity index (χ2v) is 4.62. The van der Waals surface area contributed by atoms with Crippen molar-refractivity contribution in [2.24, 2.45) is 5.92 Å². The summed E-state index contributed by atoms with van der Waals surface area (Å²) in [5.41, 5.74) is 1.00. The zero-order valence-electron chi connectivity index (χ0n) is 9.78. The van der Waals surface area contributed by atoms with E-state index in [1.54, 1.807) is 12.1 Å². The van der Waals surface area contributed by atoms with E-state index in [4.69, 9.17) is 21.6 Å². The number of amides is 1. The van der Waals surface area contributed by atoms with Crippen molar-refractivity contribution in [3.63, 3.8) is 0 Å². The molecule has 2 rings (SSSR count). The van der Waals surface area contributed by atoms with Crippen LogP contribution in [0.3, 0.4) is 0 Å². The number of carbonyl (C=O) groups is 1. The molecule has 94 valence electrons. The summed E-state index contributed by atoms with van der Waals surface area (Å²) in [5, 5.41) is 11.9. The summed E-state index contributed by atoms with van der Waals surface area (Å²) >= 11 is 5.99. The summed E-state index contributed by atoms with van der Waals surface area (Å²) in [6, 6.07) is 6.80. The Kier molecular flexibility index (Phi) is 4.19. The van der Waals surface area contributed by atoms with E-state index in [0.29, 0.717) is 22.9 Å². The molecule has 1 unspecified atom stereocenters. The van der Waals surface area contributed by atoms with Crippen molar-refractivity contribution < 1.29 is 9.53 Å². The fourth-order valence-corrected chi connectivity index (χ4v) is 2.10. The monoisotopic (exact) mass is 264 g/mol. The van der Waals surface area contributed by atoms with Crippen molar-refractivity contribution in [2.45, 2.75) is 12.8 Å². The number of anilines is 1. The molecular formula is C13H13ClN2O2. The molecule has 1 aliphatic heterocycles. The standard InChI is InChI=1S/C13H13ClN2O2/c14-11-6-9(7-15)3-4-12(11)16-13(17)10-2-1-5-18-8-10/h3-4,6,10H,1-2,5,8H2,(H,16,17). The lowest BCUT2D eigenvalue weighted by atomic mass is 10.0. The van der Waals surface area contributed by atoms with Crippen LogP contribution in [0.15, 0.2) is 18.2 Å². The maximum Gasteiger partial charge on any atom is 0.229 e. The second kappa shape index (κ2) is 5.85. The van der Waals surface area contributed by atoms with Gasteiger partial charge in [0.05, 0.1) is 34.9 Å². The molecule has 1 aliphatic rings. The van der Waals surface area contributed by atoms with Crippen LogP contribution in [0, 0.1) is 17.2 Å². The highest BCUT2D eigenvalue weighted by Gasteiger charge is 2.22. The van der Waals surface area contributed by atoms with Gasteiger partial charge in [-0.3, -0.25) is 4.79 Å². The van der Waals surface area contributed by atoms with Crippen LogP contribution in [0.25, 0.3) is 0 Å². The molecule has 1 N–H and O–H groups in total. The zero-order chi connectivity index (χ0) is 13.0. The van der Waals surface area contributed by atoms with Crippen molar-refractivity contribution in [3.8, 4) is 6.07 Å². The molecule has 4 nitrogen and oxygen atoms in total. The molecule has 18 heavy (non-hydrogen) atoms. The van der Waals surface area contributed by atoms with Crippen molar-refractivity contribution in [3.05, 3.63) is 28.8 Å². The third kappa shape index (κ3) is 3.00. The lowest BCUT2D eigenvalue weighted by Gasteiger charge is -2.21. The Labute approximate surface area is 111 Å². The predicted octanol–water partition coefficient (Wildman–Crippen LogP) is 2.58. The Bertz CT molecular complexity index is 490. The van der Waals surface area contributed by atoms with E-state index < -0.39 is 0 Å². The highest BCUT2D eigenvalue weighted by molar-refractivity contribution is 6.33. The Morgan fingerprint density at radius 1 is 1.56 bits per heavy atom. The number of benzene rings is 1. The molecule has 0 radical (unpaired) electrons. The van der Waals surface area contributed by atoms with Gasteiger partial charge in [-0.25, -0.2) is 0 Å². The molecular weight excluding hydrogens is 252 g/mol. The third-order valence-electron chi connectivity index (χ3n) is 2.89. The van der Waals surface area contributed by atoms with Crippen molar-refractivity contribution in [1.29, 1.82) is 5.26 Å². The second-order valence-electron chi connectivity index (χ2n) is 4.21. The molecule has 0 saturated carbocycles. The van der Waals surface area contributed by atoms with E-state index in [-0.39, 0.29) is 11.8 Å². The number of hydrogen-bond donors (Lipinski definition) is 1. The Hall–Kier alpha value is -1.57. The summed E-state index contributed by atoms with van der Waals surface area (Å²) in [6.07, 6.45) is 1.74. The van der Waals surface area contributed by atoms with Gasteiger partial charge in [-0.15, -0.1) is 0 Å². The number of carbonyl (C=O) groups excluding carboxylic acids is 1. The molecule has 1 atom stereocenters. The highest BCUT2D eigenvalue weighted by Crippen LogP contribution is 2.24. The minimum Gasteiger partial charge on any atom is -0.381 e. The lowest BCUT2D eigenvalue weighted by Crippen LogP contribution is -2.30. The Balaban J connectivity index is 2.04. The summed E-state index contributed by atoms with van der Waals surface area (Å²) in [4.78, 5) is 12.0. The molecule has 1 fully saturated rings. The third-order valence-corrected chi connectivity index (χ3v) is 3.20. The van der Waals surface area contributed by atoms with Crippen LogP contribution in [0.1, 0.15) is 18.4 Å². The van der Waals surface area contributed by atoms with Gasteiger partial charge in [0.25, 0.3) is 0 Å². The largest absolute Gasteiger partial charge is 0.381 e. The molecule has 0 spiro atoms. The number of hydrogen-bond acceptors (Lipinski definition) is 3. The van der Waals surface area contributed by atoms with Crippen LogP contribution in [-0.4, -0.2) is 19.1 Å². The van der Waals surface area contributed by atoms with E-state index in [2.05, 4.69) is 5.32 Å². The number of nitrogens with one attached hydrogen (secondary N) is 1. The van der Waals surface area contributed by atoms with Gasteiger partial charge >= 0.3 is 0 Å². The first-order chi connectivity index (χ1) is 8.70. The van der Waals surface area contributed by atoms with Crippen LogP contribution in [0.2, 0.25) is 5.02 Å². The van der Waals surface area contributed by atoms with Crippen LogP contribution in [0.5, 0.6) is 0 Å². The van der Waals surface area contributed by atoms with Gasteiger partial charge in [0.1, 0.15) is 0 Å². The maximum atomic E-state index is 12.0. The average Bonchev–Trinajstić information content (AvgIpc) is 2.42. The molecule has 0 aliphatic carbocycles. The van der Waals surface area contributed by atoms with E-state index in [0.717, 1.165) is 19.4 Å². The number of nitriles is 1. The van der Waals surface area contributed by atoms with Crippen LogP contribution >= 0.6 is 11.6 Å². The molecule has 1 saturated heterocycles. The fourth-order valence-electron chi connectivity index (χ4n) is 1.87. The van der Waals surface area contributed by atoms with E-state index in [1.165, 1.54) is 6.07 Å².